The van der Waals surface area contributed by atoms with Gasteiger partial charge in [-0.05, 0) is 62.2 Å². The highest BCUT2D eigenvalue weighted by atomic mass is 19.1. The summed E-state index contributed by atoms with van der Waals surface area (Å²) in [7, 11) is 0. The second-order valence-electron chi connectivity index (χ2n) is 7.35. The smallest absolute Gasteiger partial charge is 0.238 e. The molecule has 0 unspecified atom stereocenters. The highest BCUT2D eigenvalue weighted by Gasteiger charge is 2.18. The summed E-state index contributed by atoms with van der Waals surface area (Å²) in [6.45, 7) is 8.95. The Hall–Kier alpha value is -2.24. The van der Waals surface area contributed by atoms with Crippen molar-refractivity contribution < 1.29 is 9.18 Å². The van der Waals surface area contributed by atoms with E-state index in [1.54, 1.807) is 0 Å². The van der Waals surface area contributed by atoms with Crippen molar-refractivity contribution in [3.8, 4) is 0 Å². The quantitative estimate of drug-likeness (QED) is 0.875. The van der Waals surface area contributed by atoms with Crippen LogP contribution in [0.4, 0.5) is 10.1 Å². The van der Waals surface area contributed by atoms with E-state index < -0.39 is 0 Å². The summed E-state index contributed by atoms with van der Waals surface area (Å²) in [5.74, 6) is -0.157. The lowest BCUT2D eigenvalue weighted by Crippen LogP contribution is -2.36. The minimum Gasteiger partial charge on any atom is -0.324 e. The van der Waals surface area contributed by atoms with Gasteiger partial charge in [-0.2, -0.15) is 0 Å². The summed E-state index contributed by atoms with van der Waals surface area (Å²) in [6.07, 6.45) is 1.03. The Morgan fingerprint density at radius 2 is 1.59 bits per heavy atom. The van der Waals surface area contributed by atoms with Crippen LogP contribution in [0.25, 0.3) is 0 Å². The molecule has 1 heterocycles. The topological polar surface area (TPSA) is 35.6 Å². The van der Waals surface area contributed by atoms with Gasteiger partial charge >= 0.3 is 0 Å². The van der Waals surface area contributed by atoms with Gasteiger partial charge in [0.2, 0.25) is 5.91 Å². The second kappa shape index (κ2) is 9.11. The fourth-order valence-electron chi connectivity index (χ4n) is 3.58. The lowest BCUT2D eigenvalue weighted by molar-refractivity contribution is -0.117. The van der Waals surface area contributed by atoms with Crippen molar-refractivity contribution in [2.45, 2.75) is 26.8 Å². The van der Waals surface area contributed by atoms with E-state index in [0.29, 0.717) is 6.54 Å². The molecule has 2 aromatic rings. The Bertz CT molecular complexity index is 755. The number of hydrogen-bond acceptors (Lipinski definition) is 3. The molecular weight excluding hydrogens is 341 g/mol. The number of nitrogens with zero attached hydrogens (tertiary/aromatic N) is 2. The molecule has 1 aliphatic heterocycles. The maximum absolute atomic E-state index is 13.1. The second-order valence-corrected chi connectivity index (χ2v) is 7.35. The molecule has 1 fully saturated rings. The van der Waals surface area contributed by atoms with Crippen molar-refractivity contribution in [2.24, 2.45) is 0 Å². The fourth-order valence-corrected chi connectivity index (χ4v) is 3.58. The molecule has 1 N–H and O–H groups in total. The lowest BCUT2D eigenvalue weighted by Gasteiger charge is -2.22. The molecule has 0 spiro atoms. The molecule has 0 radical (unpaired) electrons. The zero-order valence-corrected chi connectivity index (χ0v) is 16.2. The summed E-state index contributed by atoms with van der Waals surface area (Å²) in [4.78, 5) is 17.1. The summed E-state index contributed by atoms with van der Waals surface area (Å²) in [5.41, 5.74) is 4.22. The molecule has 3 rings (SSSR count). The zero-order valence-electron chi connectivity index (χ0n) is 16.2. The number of benzene rings is 2. The van der Waals surface area contributed by atoms with Crippen molar-refractivity contribution in [2.75, 3.05) is 38.0 Å². The third kappa shape index (κ3) is 5.62. The number of anilines is 1. The van der Waals surface area contributed by atoms with Gasteiger partial charge in [0.15, 0.2) is 0 Å². The Morgan fingerprint density at radius 1 is 0.963 bits per heavy atom. The van der Waals surface area contributed by atoms with E-state index in [2.05, 4.69) is 15.1 Å². The molecule has 1 aliphatic rings. The van der Waals surface area contributed by atoms with E-state index in [9.17, 15) is 9.18 Å². The Labute approximate surface area is 161 Å². The highest BCUT2D eigenvalue weighted by Crippen LogP contribution is 2.19. The first-order valence-corrected chi connectivity index (χ1v) is 9.56. The molecule has 2 aromatic carbocycles. The highest BCUT2D eigenvalue weighted by molar-refractivity contribution is 5.93. The molecule has 0 aliphatic carbocycles. The Balaban J connectivity index is 1.50. The largest absolute Gasteiger partial charge is 0.324 e. The Kier molecular flexibility index (Phi) is 6.58. The molecule has 0 saturated carbocycles. The van der Waals surface area contributed by atoms with Gasteiger partial charge in [-0.3, -0.25) is 14.6 Å². The standard InChI is InChI=1S/C22H28FN3O/c1-17-5-3-6-18(2)22(17)24-21(27)16-26-12-4-11-25(13-14-26)15-19-7-9-20(23)10-8-19/h3,5-10H,4,11-16H2,1-2H3,(H,24,27). The van der Waals surface area contributed by atoms with Crippen molar-refractivity contribution >= 4 is 11.6 Å². The van der Waals surface area contributed by atoms with Crippen molar-refractivity contribution in [3.05, 3.63) is 65.0 Å². The van der Waals surface area contributed by atoms with Crippen molar-refractivity contribution in [1.82, 2.24) is 9.80 Å². The summed E-state index contributed by atoms with van der Waals surface area (Å²) in [5, 5.41) is 3.07. The molecule has 144 valence electrons. The normalized spacial score (nSPS) is 16.1. The zero-order chi connectivity index (χ0) is 19.2. The minimum atomic E-state index is -0.198. The maximum Gasteiger partial charge on any atom is 0.238 e. The van der Waals surface area contributed by atoms with Gasteiger partial charge in [0.05, 0.1) is 6.54 Å². The van der Waals surface area contributed by atoms with E-state index in [1.165, 1.54) is 12.1 Å². The van der Waals surface area contributed by atoms with Gasteiger partial charge in [0.1, 0.15) is 5.82 Å². The summed E-state index contributed by atoms with van der Waals surface area (Å²) in [6, 6.07) is 12.7. The fraction of sp³-hybridized carbons (Fsp3) is 0.409. The molecular formula is C22H28FN3O. The SMILES string of the molecule is Cc1cccc(C)c1NC(=O)CN1CCCN(Cc2ccc(F)cc2)CC1. The maximum atomic E-state index is 13.1. The van der Waals surface area contributed by atoms with Gasteiger partial charge in [-0.15, -0.1) is 0 Å². The first-order chi connectivity index (χ1) is 13.0. The van der Waals surface area contributed by atoms with Crippen LogP contribution in [-0.2, 0) is 11.3 Å². The third-order valence-corrected chi connectivity index (χ3v) is 5.11. The van der Waals surface area contributed by atoms with E-state index in [4.69, 9.17) is 0 Å². The number of rotatable bonds is 5. The van der Waals surface area contributed by atoms with Gasteiger partial charge < -0.3 is 5.32 Å². The molecule has 1 amide bonds. The molecule has 4 nitrogen and oxygen atoms in total. The van der Waals surface area contributed by atoms with Crippen LogP contribution >= 0.6 is 0 Å². The molecule has 5 heteroatoms. The minimum absolute atomic E-state index is 0.0411. The predicted molar refractivity (Wildman–Crippen MR) is 107 cm³/mol. The third-order valence-electron chi connectivity index (χ3n) is 5.11. The van der Waals surface area contributed by atoms with E-state index >= 15 is 0 Å². The first kappa shape index (κ1) is 19.5. The summed E-state index contributed by atoms with van der Waals surface area (Å²) < 4.78 is 13.1. The van der Waals surface area contributed by atoms with E-state index in [0.717, 1.165) is 61.5 Å². The van der Waals surface area contributed by atoms with E-state index in [-0.39, 0.29) is 11.7 Å². The van der Waals surface area contributed by atoms with Gasteiger partial charge in [0.25, 0.3) is 0 Å². The number of halogens is 1. The molecule has 27 heavy (non-hydrogen) atoms. The van der Waals surface area contributed by atoms with Gasteiger partial charge in [0, 0.05) is 25.3 Å². The van der Waals surface area contributed by atoms with Crippen LogP contribution in [0, 0.1) is 19.7 Å². The number of amides is 1. The lowest BCUT2D eigenvalue weighted by atomic mass is 10.1. The molecule has 0 bridgehead atoms. The number of nitrogens with one attached hydrogen (secondary N) is 1. The Morgan fingerprint density at radius 3 is 2.30 bits per heavy atom. The van der Waals surface area contributed by atoms with Crippen LogP contribution in [0.15, 0.2) is 42.5 Å². The van der Waals surface area contributed by atoms with Gasteiger partial charge in [-0.1, -0.05) is 30.3 Å². The average Bonchev–Trinajstić information content (AvgIpc) is 2.85. The molecule has 0 aromatic heterocycles. The number of para-hydroxylation sites is 1. The number of hydrogen-bond donors (Lipinski definition) is 1. The first-order valence-electron chi connectivity index (χ1n) is 9.56. The molecule has 1 saturated heterocycles. The van der Waals surface area contributed by atoms with Crippen LogP contribution in [0.1, 0.15) is 23.1 Å². The van der Waals surface area contributed by atoms with Crippen LogP contribution in [0.3, 0.4) is 0 Å². The number of carbonyl (C=O) groups is 1. The molecule has 0 atom stereocenters. The van der Waals surface area contributed by atoms with Crippen molar-refractivity contribution in [3.63, 3.8) is 0 Å². The summed E-state index contributed by atoms with van der Waals surface area (Å²) >= 11 is 0. The van der Waals surface area contributed by atoms with E-state index in [1.807, 2.05) is 44.2 Å². The number of aryl methyl sites for hydroxylation is 2. The number of carbonyl (C=O) groups excluding carboxylic acids is 1. The van der Waals surface area contributed by atoms with Crippen LogP contribution in [0.5, 0.6) is 0 Å². The van der Waals surface area contributed by atoms with Crippen LogP contribution in [0.2, 0.25) is 0 Å². The van der Waals surface area contributed by atoms with Gasteiger partial charge in [-0.25, -0.2) is 4.39 Å². The van der Waals surface area contributed by atoms with Crippen LogP contribution < -0.4 is 5.32 Å². The average molecular weight is 369 g/mol. The predicted octanol–water partition coefficient (Wildman–Crippen LogP) is 3.59. The van der Waals surface area contributed by atoms with Crippen molar-refractivity contribution in [1.29, 1.82) is 0 Å². The van der Waals surface area contributed by atoms with Crippen LogP contribution in [-0.4, -0.2) is 48.4 Å². The monoisotopic (exact) mass is 369 g/mol.